The quantitative estimate of drug-likeness (QED) is 0.704. The van der Waals surface area contributed by atoms with Gasteiger partial charge >= 0.3 is 0 Å². The number of nitrogens with zero attached hydrogens (tertiary/aromatic N) is 3. The number of allylic oxidation sites excluding steroid dienone is 1. The largest absolute Gasteiger partial charge is 0.492 e. The number of hydrogen-bond donors (Lipinski definition) is 2. The lowest BCUT2D eigenvalue weighted by Crippen LogP contribution is -2.04. The van der Waals surface area contributed by atoms with Crippen LogP contribution < -0.4 is 16.2 Å². The number of fused-ring (bicyclic) bond motifs is 3. The maximum absolute atomic E-state index is 11.2. The highest BCUT2D eigenvalue weighted by Gasteiger charge is 2.29. The number of hydrogen-bond acceptors (Lipinski definition) is 6. The molecule has 0 spiro atoms. The summed E-state index contributed by atoms with van der Waals surface area (Å²) in [5.74, 6) is 1.39. The van der Waals surface area contributed by atoms with Crippen LogP contribution in [0.15, 0.2) is 30.6 Å². The summed E-state index contributed by atoms with van der Waals surface area (Å²) >= 11 is 0. The van der Waals surface area contributed by atoms with Crippen LogP contribution in [0.25, 0.3) is 22.7 Å². The second-order valence-electron chi connectivity index (χ2n) is 6.51. The molecule has 3 heterocycles. The highest BCUT2D eigenvalue weighted by Crippen LogP contribution is 2.45. The molecule has 0 radical (unpaired) electrons. The van der Waals surface area contributed by atoms with E-state index in [1.165, 1.54) is 6.92 Å². The Labute approximate surface area is 150 Å². The summed E-state index contributed by atoms with van der Waals surface area (Å²) in [6, 6.07) is 3.89. The molecule has 4 N–H and O–H groups in total. The Bertz CT molecular complexity index is 1070. The smallest absolute Gasteiger partial charge is 0.222 e. The van der Waals surface area contributed by atoms with E-state index in [2.05, 4.69) is 16.9 Å². The first kappa shape index (κ1) is 16.1. The summed E-state index contributed by atoms with van der Waals surface area (Å²) in [6.45, 7) is 4.20. The molecule has 0 bridgehead atoms. The number of ether oxygens (including phenoxy) is 1. The number of ketones is 1. The summed E-state index contributed by atoms with van der Waals surface area (Å²) in [4.78, 5) is 19.5. The topological polar surface area (TPSA) is 109 Å². The zero-order chi connectivity index (χ0) is 18.4. The highest BCUT2D eigenvalue weighted by atomic mass is 16.5. The molecule has 3 aromatic rings. The summed E-state index contributed by atoms with van der Waals surface area (Å²) < 4.78 is 7.92. The first-order chi connectivity index (χ1) is 12.4. The van der Waals surface area contributed by atoms with Gasteiger partial charge < -0.3 is 20.8 Å². The standard InChI is InChI=1S/C19H19N5O2/c1-10-9-26-17-15(10)14(7-13-16(17)18(20)23-19(21)22-13)24-6-5-12(8-24)4-3-11(2)25/h3-8,10H,9H2,1-2H3,(H4,20,21,22,23)/b4-3+. The van der Waals surface area contributed by atoms with Crippen molar-refractivity contribution < 1.29 is 9.53 Å². The molecule has 7 heteroatoms. The minimum Gasteiger partial charge on any atom is -0.492 e. The van der Waals surface area contributed by atoms with E-state index in [-0.39, 0.29) is 17.6 Å². The van der Waals surface area contributed by atoms with Gasteiger partial charge in [0.15, 0.2) is 5.78 Å². The Morgan fingerprint density at radius 2 is 2.19 bits per heavy atom. The lowest BCUT2D eigenvalue weighted by Gasteiger charge is -2.14. The van der Waals surface area contributed by atoms with Crippen molar-refractivity contribution in [2.75, 3.05) is 18.1 Å². The zero-order valence-corrected chi connectivity index (χ0v) is 14.6. The van der Waals surface area contributed by atoms with E-state index in [4.69, 9.17) is 16.2 Å². The summed E-state index contributed by atoms with van der Waals surface area (Å²) in [5, 5.41) is 0.700. The van der Waals surface area contributed by atoms with Gasteiger partial charge in [0.05, 0.1) is 23.2 Å². The molecule has 1 aliphatic rings. The van der Waals surface area contributed by atoms with Crippen LogP contribution in [0.2, 0.25) is 0 Å². The molecular weight excluding hydrogens is 330 g/mol. The van der Waals surface area contributed by atoms with Crippen LogP contribution >= 0.6 is 0 Å². The molecule has 0 fully saturated rings. The van der Waals surface area contributed by atoms with Crippen molar-refractivity contribution in [1.82, 2.24) is 14.5 Å². The molecule has 7 nitrogen and oxygen atoms in total. The Kier molecular flexibility index (Phi) is 3.64. The van der Waals surface area contributed by atoms with Gasteiger partial charge in [0.2, 0.25) is 5.95 Å². The molecule has 1 unspecified atom stereocenters. The van der Waals surface area contributed by atoms with Crippen molar-refractivity contribution in [1.29, 1.82) is 0 Å². The summed E-state index contributed by atoms with van der Waals surface area (Å²) in [6.07, 6.45) is 7.24. The maximum Gasteiger partial charge on any atom is 0.222 e. The van der Waals surface area contributed by atoms with Crippen LogP contribution in [0, 0.1) is 0 Å². The van der Waals surface area contributed by atoms with Crippen LogP contribution in [0.1, 0.15) is 30.9 Å². The Morgan fingerprint density at radius 3 is 2.96 bits per heavy atom. The Hall–Kier alpha value is -3.35. The zero-order valence-electron chi connectivity index (χ0n) is 14.6. The van der Waals surface area contributed by atoms with Gasteiger partial charge in [0, 0.05) is 23.9 Å². The molecule has 2 aromatic heterocycles. The van der Waals surface area contributed by atoms with Crippen molar-refractivity contribution in [3.8, 4) is 11.4 Å². The predicted molar refractivity (Wildman–Crippen MR) is 101 cm³/mol. The third-order valence-corrected chi connectivity index (χ3v) is 4.48. The number of carbonyl (C=O) groups excluding carboxylic acids is 1. The average Bonchev–Trinajstić information content (AvgIpc) is 3.19. The first-order valence-electron chi connectivity index (χ1n) is 8.33. The summed E-state index contributed by atoms with van der Waals surface area (Å²) in [5.41, 5.74) is 15.4. The fraction of sp³-hybridized carbons (Fsp3) is 0.211. The van der Waals surface area contributed by atoms with Crippen LogP contribution in [-0.2, 0) is 4.79 Å². The number of anilines is 2. The third kappa shape index (κ3) is 2.57. The SMILES string of the molecule is CC(=O)/C=C/c1ccn(-c2cc3nc(N)nc(N)c3c3c2C(C)CO3)c1. The molecular formula is C19H19N5O2. The number of rotatable bonds is 3. The molecule has 4 rings (SSSR count). The molecule has 132 valence electrons. The van der Waals surface area contributed by atoms with Gasteiger partial charge in [-0.1, -0.05) is 6.92 Å². The molecule has 1 aliphatic heterocycles. The molecule has 0 saturated carbocycles. The van der Waals surface area contributed by atoms with Crippen molar-refractivity contribution in [3.05, 3.63) is 41.7 Å². The monoisotopic (exact) mass is 349 g/mol. The normalized spacial score (nSPS) is 16.2. The number of nitrogens with two attached hydrogens (primary N) is 2. The first-order valence-corrected chi connectivity index (χ1v) is 8.33. The van der Waals surface area contributed by atoms with Crippen LogP contribution in [0.5, 0.6) is 5.75 Å². The minimum atomic E-state index is 0.00835. The van der Waals surface area contributed by atoms with Gasteiger partial charge in [0.1, 0.15) is 11.6 Å². The number of nitrogen functional groups attached to an aromatic ring is 2. The number of benzene rings is 1. The van der Waals surface area contributed by atoms with E-state index in [1.807, 2.05) is 29.1 Å². The van der Waals surface area contributed by atoms with Gasteiger partial charge in [-0.2, -0.15) is 4.98 Å². The van der Waals surface area contributed by atoms with E-state index in [9.17, 15) is 4.79 Å². The Morgan fingerprint density at radius 1 is 1.38 bits per heavy atom. The summed E-state index contributed by atoms with van der Waals surface area (Å²) in [7, 11) is 0. The second kappa shape index (κ2) is 5.87. The Balaban J connectivity index is 1.93. The van der Waals surface area contributed by atoms with Gasteiger partial charge in [-0.3, -0.25) is 4.79 Å². The van der Waals surface area contributed by atoms with Crippen LogP contribution in [0.3, 0.4) is 0 Å². The molecule has 0 amide bonds. The maximum atomic E-state index is 11.2. The van der Waals surface area contributed by atoms with E-state index in [0.29, 0.717) is 23.3 Å². The number of carbonyl (C=O) groups is 1. The minimum absolute atomic E-state index is 0.00835. The van der Waals surface area contributed by atoms with Crippen LogP contribution in [-0.4, -0.2) is 26.9 Å². The lowest BCUT2D eigenvalue weighted by molar-refractivity contribution is -0.112. The lowest BCUT2D eigenvalue weighted by atomic mass is 9.98. The van der Waals surface area contributed by atoms with Crippen molar-refractivity contribution in [2.24, 2.45) is 0 Å². The van der Waals surface area contributed by atoms with E-state index < -0.39 is 0 Å². The second-order valence-corrected chi connectivity index (χ2v) is 6.51. The van der Waals surface area contributed by atoms with E-state index in [0.717, 1.165) is 22.6 Å². The predicted octanol–water partition coefficient (Wildman–Crippen LogP) is 2.68. The van der Waals surface area contributed by atoms with Gasteiger partial charge in [-0.25, -0.2) is 4.98 Å². The van der Waals surface area contributed by atoms with Gasteiger partial charge in [-0.05, 0) is 36.8 Å². The van der Waals surface area contributed by atoms with E-state index >= 15 is 0 Å². The van der Waals surface area contributed by atoms with Gasteiger partial charge in [-0.15, -0.1) is 0 Å². The fourth-order valence-corrected chi connectivity index (χ4v) is 3.32. The van der Waals surface area contributed by atoms with Crippen molar-refractivity contribution >= 4 is 34.5 Å². The highest BCUT2D eigenvalue weighted by molar-refractivity contribution is 5.98. The fourth-order valence-electron chi connectivity index (χ4n) is 3.32. The van der Waals surface area contributed by atoms with Gasteiger partial charge in [0.25, 0.3) is 0 Å². The van der Waals surface area contributed by atoms with Crippen LogP contribution in [0.4, 0.5) is 11.8 Å². The van der Waals surface area contributed by atoms with Crippen molar-refractivity contribution in [2.45, 2.75) is 19.8 Å². The third-order valence-electron chi connectivity index (χ3n) is 4.48. The van der Waals surface area contributed by atoms with E-state index in [1.54, 1.807) is 12.2 Å². The van der Waals surface area contributed by atoms with Crippen molar-refractivity contribution in [3.63, 3.8) is 0 Å². The number of aromatic nitrogens is 3. The average molecular weight is 349 g/mol. The molecule has 0 saturated heterocycles. The molecule has 26 heavy (non-hydrogen) atoms. The molecule has 1 atom stereocenters. The molecule has 1 aromatic carbocycles. The molecule has 0 aliphatic carbocycles.